The number of hydrogen-bond donors (Lipinski definition) is 0. The summed E-state index contributed by atoms with van der Waals surface area (Å²) in [5.41, 5.74) is 0.478. The molecule has 0 saturated carbocycles. The molecule has 0 unspecified atom stereocenters. The fraction of sp³-hybridized carbons (Fsp3) is 0.812. The molecule has 0 saturated heterocycles. The van der Waals surface area contributed by atoms with Crippen LogP contribution in [0.15, 0.2) is 12.2 Å². The highest BCUT2D eigenvalue weighted by molar-refractivity contribution is 6.71. The molecule has 4 heteroatoms. The molecule has 0 spiro atoms. The highest BCUT2D eigenvalue weighted by atomic mass is 28.4. The molecule has 0 fully saturated rings. The van der Waals surface area contributed by atoms with Gasteiger partial charge in [0.15, 0.2) is 8.32 Å². The zero-order valence-electron chi connectivity index (χ0n) is 13.8. The second kappa shape index (κ2) is 11.1. The van der Waals surface area contributed by atoms with E-state index in [1.807, 2.05) is 0 Å². The molecule has 0 aliphatic heterocycles. The first-order valence-corrected chi connectivity index (χ1v) is 11.0. The minimum absolute atomic E-state index is 0.270. The third kappa shape index (κ3) is 11.2. The van der Waals surface area contributed by atoms with Crippen molar-refractivity contribution in [3.8, 4) is 0 Å². The quantitative estimate of drug-likeness (QED) is 0.227. The van der Waals surface area contributed by atoms with Crippen molar-refractivity contribution >= 4 is 14.3 Å². The van der Waals surface area contributed by atoms with Crippen molar-refractivity contribution in [3.63, 3.8) is 0 Å². The van der Waals surface area contributed by atoms with Crippen molar-refractivity contribution in [3.05, 3.63) is 12.2 Å². The van der Waals surface area contributed by atoms with Crippen LogP contribution in [-0.2, 0) is 14.0 Å². The molecule has 0 radical (unpaired) electrons. The monoisotopic (exact) mass is 300 g/mol. The lowest BCUT2D eigenvalue weighted by atomic mass is 10.1. The minimum atomic E-state index is -1.37. The van der Waals surface area contributed by atoms with Crippen LogP contribution in [0.5, 0.6) is 0 Å². The Balaban J connectivity index is 3.33. The SMILES string of the molecule is C=C(C)C(=O)OCCCCCCCC[Si](C)(C)OCC. The standard InChI is InChI=1S/C16H32O3Si/c1-6-19-20(4,5)14-12-10-8-7-9-11-13-18-16(17)15(2)3/h2,6-14H2,1,3-5H3. The van der Waals surface area contributed by atoms with Gasteiger partial charge < -0.3 is 9.16 Å². The Kier molecular flexibility index (Phi) is 10.8. The van der Waals surface area contributed by atoms with Gasteiger partial charge in [-0.3, -0.25) is 0 Å². The number of hydrogen-bond acceptors (Lipinski definition) is 3. The minimum Gasteiger partial charge on any atom is -0.462 e. The lowest BCUT2D eigenvalue weighted by molar-refractivity contribution is -0.139. The van der Waals surface area contributed by atoms with Crippen LogP contribution in [0.2, 0.25) is 19.1 Å². The lowest BCUT2D eigenvalue weighted by Crippen LogP contribution is -2.29. The molecule has 0 aromatic carbocycles. The van der Waals surface area contributed by atoms with Crippen LogP contribution in [0, 0.1) is 0 Å². The van der Waals surface area contributed by atoms with Crippen molar-refractivity contribution in [1.82, 2.24) is 0 Å². The van der Waals surface area contributed by atoms with Crippen LogP contribution in [-0.4, -0.2) is 27.5 Å². The number of esters is 1. The number of unbranched alkanes of at least 4 members (excludes halogenated alkanes) is 5. The summed E-state index contributed by atoms with van der Waals surface area (Å²) in [4.78, 5) is 11.1. The summed E-state index contributed by atoms with van der Waals surface area (Å²) in [7, 11) is -1.37. The average molecular weight is 301 g/mol. The van der Waals surface area contributed by atoms with Crippen molar-refractivity contribution in [2.45, 2.75) is 71.5 Å². The fourth-order valence-corrected chi connectivity index (χ4v) is 4.14. The number of carbonyl (C=O) groups is 1. The van der Waals surface area contributed by atoms with Gasteiger partial charge in [-0.1, -0.05) is 38.7 Å². The van der Waals surface area contributed by atoms with E-state index in [1.165, 1.54) is 31.7 Å². The molecule has 0 aromatic heterocycles. The summed E-state index contributed by atoms with van der Waals surface area (Å²) in [6.07, 6.45) is 7.15. The van der Waals surface area contributed by atoms with Crippen LogP contribution in [0.25, 0.3) is 0 Å². The predicted molar refractivity (Wildman–Crippen MR) is 87.4 cm³/mol. The second-order valence-corrected chi connectivity index (χ2v) is 10.3. The molecule has 0 bridgehead atoms. The van der Waals surface area contributed by atoms with Gasteiger partial charge in [0.1, 0.15) is 0 Å². The Labute approximate surface area is 125 Å². The molecule has 0 aliphatic carbocycles. The van der Waals surface area contributed by atoms with Crippen LogP contribution in [0.3, 0.4) is 0 Å². The fourth-order valence-electron chi connectivity index (χ4n) is 2.11. The van der Waals surface area contributed by atoms with E-state index in [2.05, 4.69) is 26.6 Å². The highest BCUT2D eigenvalue weighted by Gasteiger charge is 2.20. The van der Waals surface area contributed by atoms with E-state index in [-0.39, 0.29) is 5.97 Å². The summed E-state index contributed by atoms with van der Waals surface area (Å²) in [6, 6.07) is 1.26. The molecule has 0 aromatic rings. The Morgan fingerprint density at radius 3 is 2.15 bits per heavy atom. The first kappa shape index (κ1) is 19.4. The van der Waals surface area contributed by atoms with Gasteiger partial charge in [0.05, 0.1) is 6.61 Å². The second-order valence-electron chi connectivity index (χ2n) is 5.98. The van der Waals surface area contributed by atoms with Crippen LogP contribution < -0.4 is 0 Å². The molecule has 0 aliphatic rings. The summed E-state index contributed by atoms with van der Waals surface area (Å²) in [5.74, 6) is -0.270. The number of carbonyl (C=O) groups excluding carboxylic acids is 1. The lowest BCUT2D eigenvalue weighted by Gasteiger charge is -2.21. The van der Waals surface area contributed by atoms with Crippen LogP contribution in [0.1, 0.15) is 52.4 Å². The van der Waals surface area contributed by atoms with Crippen molar-refractivity contribution in [2.24, 2.45) is 0 Å². The van der Waals surface area contributed by atoms with E-state index in [4.69, 9.17) is 9.16 Å². The van der Waals surface area contributed by atoms with Crippen LogP contribution >= 0.6 is 0 Å². The van der Waals surface area contributed by atoms with Crippen molar-refractivity contribution in [2.75, 3.05) is 13.2 Å². The van der Waals surface area contributed by atoms with Crippen LogP contribution in [0.4, 0.5) is 0 Å². The average Bonchev–Trinajstić information content (AvgIpc) is 2.36. The summed E-state index contributed by atoms with van der Waals surface area (Å²) in [5, 5.41) is 0. The summed E-state index contributed by atoms with van der Waals surface area (Å²) in [6.45, 7) is 13.3. The number of ether oxygens (including phenoxy) is 1. The Hall–Kier alpha value is -0.613. The van der Waals surface area contributed by atoms with Gasteiger partial charge in [0.2, 0.25) is 0 Å². The molecule has 0 N–H and O–H groups in total. The summed E-state index contributed by atoms with van der Waals surface area (Å²) >= 11 is 0. The van der Waals surface area contributed by atoms with E-state index in [1.54, 1.807) is 6.92 Å². The molecule has 0 heterocycles. The maximum Gasteiger partial charge on any atom is 0.333 e. The van der Waals surface area contributed by atoms with E-state index in [9.17, 15) is 4.79 Å². The zero-order valence-corrected chi connectivity index (χ0v) is 14.8. The molecule has 0 rings (SSSR count). The zero-order chi connectivity index (χ0) is 15.4. The molecular formula is C16H32O3Si. The van der Waals surface area contributed by atoms with Gasteiger partial charge in [-0.05, 0) is 39.4 Å². The Morgan fingerprint density at radius 2 is 1.60 bits per heavy atom. The molecular weight excluding hydrogens is 268 g/mol. The van der Waals surface area contributed by atoms with Crippen molar-refractivity contribution in [1.29, 1.82) is 0 Å². The van der Waals surface area contributed by atoms with Gasteiger partial charge in [-0.2, -0.15) is 0 Å². The van der Waals surface area contributed by atoms with Gasteiger partial charge in [0.25, 0.3) is 0 Å². The Morgan fingerprint density at radius 1 is 1.05 bits per heavy atom. The van der Waals surface area contributed by atoms with E-state index < -0.39 is 8.32 Å². The maximum atomic E-state index is 11.1. The third-order valence-electron chi connectivity index (χ3n) is 3.29. The maximum absolute atomic E-state index is 11.1. The molecule has 20 heavy (non-hydrogen) atoms. The van der Waals surface area contributed by atoms with E-state index >= 15 is 0 Å². The topological polar surface area (TPSA) is 35.5 Å². The highest BCUT2D eigenvalue weighted by Crippen LogP contribution is 2.17. The Bertz CT molecular complexity index is 287. The molecule has 0 atom stereocenters. The van der Waals surface area contributed by atoms with E-state index in [0.717, 1.165) is 19.4 Å². The number of rotatable bonds is 12. The third-order valence-corrected chi connectivity index (χ3v) is 5.92. The van der Waals surface area contributed by atoms with Gasteiger partial charge in [-0.15, -0.1) is 0 Å². The van der Waals surface area contributed by atoms with E-state index in [0.29, 0.717) is 12.2 Å². The smallest absolute Gasteiger partial charge is 0.333 e. The first-order valence-electron chi connectivity index (χ1n) is 7.85. The molecule has 0 amide bonds. The molecule has 3 nitrogen and oxygen atoms in total. The van der Waals surface area contributed by atoms with Gasteiger partial charge >= 0.3 is 5.97 Å². The largest absolute Gasteiger partial charge is 0.462 e. The summed E-state index contributed by atoms with van der Waals surface area (Å²) < 4.78 is 10.9. The first-order chi connectivity index (χ1) is 9.39. The predicted octanol–water partition coefficient (Wildman–Crippen LogP) is 4.69. The van der Waals surface area contributed by atoms with Gasteiger partial charge in [0, 0.05) is 12.2 Å². The van der Waals surface area contributed by atoms with Crippen molar-refractivity contribution < 1.29 is 14.0 Å². The molecule has 118 valence electrons. The van der Waals surface area contributed by atoms with Gasteiger partial charge in [-0.25, -0.2) is 4.79 Å². The normalized spacial score (nSPS) is 11.4.